The second kappa shape index (κ2) is 10.7. The van der Waals surface area contributed by atoms with Gasteiger partial charge in [-0.2, -0.15) is 0 Å². The molecule has 0 radical (unpaired) electrons. The first-order valence-electron chi connectivity index (χ1n) is 12.0. The number of thioether (sulfide) groups is 1. The molecule has 0 bridgehead atoms. The standard InChI is InChI=1S/C27H30N4O2S2/c1-5-14-29(15-6-2)24-21(25(32)30-16-10-11-18(3)23(30)28-24)17-22-26(33)31(27(34)35-22)19(4)20-12-8-7-9-13-20/h7-13,16-17,19H,5-6,14-15H2,1-4H3/b22-17+/t19-/m1/s1. The van der Waals surface area contributed by atoms with Crippen LogP contribution in [0.5, 0.6) is 0 Å². The van der Waals surface area contributed by atoms with Gasteiger partial charge in [0.2, 0.25) is 0 Å². The van der Waals surface area contributed by atoms with Crippen molar-refractivity contribution < 1.29 is 4.79 Å². The molecule has 6 nitrogen and oxygen atoms in total. The molecule has 2 aromatic heterocycles. The lowest BCUT2D eigenvalue weighted by Gasteiger charge is -2.25. The summed E-state index contributed by atoms with van der Waals surface area (Å²) in [6.07, 6.45) is 5.26. The Balaban J connectivity index is 1.84. The zero-order valence-corrected chi connectivity index (χ0v) is 22.2. The van der Waals surface area contributed by atoms with Crippen molar-refractivity contribution >= 4 is 51.7 Å². The lowest BCUT2D eigenvalue weighted by atomic mass is 10.1. The number of hydrogen-bond acceptors (Lipinski definition) is 6. The van der Waals surface area contributed by atoms with Crippen molar-refractivity contribution in [2.75, 3.05) is 18.0 Å². The van der Waals surface area contributed by atoms with Crippen molar-refractivity contribution in [3.8, 4) is 0 Å². The quantitative estimate of drug-likeness (QED) is 0.293. The number of pyridine rings is 1. The fraction of sp³-hybridized carbons (Fsp3) is 0.333. The SMILES string of the molecule is CCCN(CCC)c1nc2c(C)cccn2c(=O)c1/C=C1/SC(=S)N([C@H](C)c2ccccc2)C1=O. The van der Waals surface area contributed by atoms with Gasteiger partial charge in [0, 0.05) is 19.3 Å². The highest BCUT2D eigenvalue weighted by atomic mass is 32.2. The van der Waals surface area contributed by atoms with Crippen LogP contribution in [0.3, 0.4) is 0 Å². The maximum atomic E-state index is 13.7. The van der Waals surface area contributed by atoms with E-state index in [0.29, 0.717) is 26.3 Å². The van der Waals surface area contributed by atoms with Gasteiger partial charge in [-0.1, -0.05) is 74.2 Å². The average Bonchev–Trinajstić information content (AvgIpc) is 3.13. The first-order valence-corrected chi connectivity index (χ1v) is 13.2. The van der Waals surface area contributed by atoms with Crippen LogP contribution in [0.25, 0.3) is 11.7 Å². The maximum absolute atomic E-state index is 13.7. The number of rotatable bonds is 8. The molecular formula is C27H30N4O2S2. The molecule has 0 saturated carbocycles. The summed E-state index contributed by atoms with van der Waals surface area (Å²) in [4.78, 5) is 36.4. The molecule has 1 aromatic carbocycles. The number of carbonyl (C=O) groups excluding carboxylic acids is 1. The van der Waals surface area contributed by atoms with Crippen LogP contribution in [0.2, 0.25) is 0 Å². The summed E-state index contributed by atoms with van der Waals surface area (Å²) >= 11 is 6.84. The number of anilines is 1. The van der Waals surface area contributed by atoms with Crippen LogP contribution in [0, 0.1) is 6.92 Å². The molecule has 0 unspecified atom stereocenters. The van der Waals surface area contributed by atoms with Crippen molar-refractivity contribution in [2.45, 2.75) is 46.6 Å². The third-order valence-corrected chi connectivity index (χ3v) is 7.45. The van der Waals surface area contributed by atoms with E-state index in [1.54, 1.807) is 21.6 Å². The normalized spacial score (nSPS) is 15.9. The number of benzene rings is 1. The van der Waals surface area contributed by atoms with Crippen LogP contribution >= 0.6 is 24.0 Å². The molecule has 3 aromatic rings. The minimum Gasteiger partial charge on any atom is -0.356 e. The van der Waals surface area contributed by atoms with Crippen LogP contribution < -0.4 is 10.5 Å². The Labute approximate surface area is 215 Å². The van der Waals surface area contributed by atoms with Gasteiger partial charge in [0.25, 0.3) is 11.5 Å². The van der Waals surface area contributed by atoms with Crippen molar-refractivity contribution in [3.63, 3.8) is 0 Å². The van der Waals surface area contributed by atoms with E-state index in [-0.39, 0.29) is 17.5 Å². The van der Waals surface area contributed by atoms with E-state index in [1.807, 2.05) is 56.3 Å². The van der Waals surface area contributed by atoms with Crippen molar-refractivity contribution in [1.82, 2.24) is 14.3 Å². The zero-order chi connectivity index (χ0) is 25.1. The maximum Gasteiger partial charge on any atom is 0.267 e. The van der Waals surface area contributed by atoms with Gasteiger partial charge >= 0.3 is 0 Å². The van der Waals surface area contributed by atoms with E-state index in [4.69, 9.17) is 17.2 Å². The highest BCUT2D eigenvalue weighted by molar-refractivity contribution is 8.26. The van der Waals surface area contributed by atoms with Crippen molar-refractivity contribution in [1.29, 1.82) is 0 Å². The lowest BCUT2D eigenvalue weighted by molar-refractivity contribution is -0.123. The molecule has 1 amide bonds. The number of carbonyl (C=O) groups is 1. The first-order chi connectivity index (χ1) is 16.9. The van der Waals surface area contributed by atoms with E-state index >= 15 is 0 Å². The second-order valence-corrected chi connectivity index (χ2v) is 10.3. The third-order valence-electron chi connectivity index (χ3n) is 6.12. The molecule has 1 aliphatic heterocycles. The number of fused-ring (bicyclic) bond motifs is 1. The Bertz CT molecular complexity index is 1340. The number of aromatic nitrogens is 2. The van der Waals surface area contributed by atoms with E-state index in [9.17, 15) is 9.59 Å². The van der Waals surface area contributed by atoms with Gasteiger partial charge in [-0.3, -0.25) is 18.9 Å². The molecule has 4 rings (SSSR count). The number of hydrogen-bond donors (Lipinski definition) is 0. The summed E-state index contributed by atoms with van der Waals surface area (Å²) in [5.41, 5.74) is 2.79. The zero-order valence-electron chi connectivity index (χ0n) is 20.5. The summed E-state index contributed by atoms with van der Waals surface area (Å²) < 4.78 is 2.05. The van der Waals surface area contributed by atoms with Gasteiger partial charge in [-0.05, 0) is 50.0 Å². The molecule has 1 atom stereocenters. The number of aryl methyl sites for hydroxylation is 1. The summed E-state index contributed by atoms with van der Waals surface area (Å²) in [5.74, 6) is 0.433. The first kappa shape index (κ1) is 25.1. The molecule has 0 N–H and O–H groups in total. The van der Waals surface area contributed by atoms with Crippen LogP contribution in [0.1, 0.15) is 56.3 Å². The molecular weight excluding hydrogens is 476 g/mol. The average molecular weight is 507 g/mol. The Morgan fingerprint density at radius 3 is 2.43 bits per heavy atom. The topological polar surface area (TPSA) is 57.9 Å². The molecule has 1 saturated heterocycles. The lowest BCUT2D eigenvalue weighted by Crippen LogP contribution is -2.32. The Morgan fingerprint density at radius 2 is 1.77 bits per heavy atom. The van der Waals surface area contributed by atoms with E-state index in [0.717, 1.165) is 37.1 Å². The molecule has 1 fully saturated rings. The van der Waals surface area contributed by atoms with Crippen molar-refractivity contribution in [2.24, 2.45) is 0 Å². The minimum absolute atomic E-state index is 0.187. The predicted octanol–water partition coefficient (Wildman–Crippen LogP) is 5.59. The largest absolute Gasteiger partial charge is 0.356 e. The van der Waals surface area contributed by atoms with Gasteiger partial charge in [-0.15, -0.1) is 0 Å². The number of nitrogens with zero attached hydrogens (tertiary/aromatic N) is 4. The Hall–Kier alpha value is -2.97. The summed E-state index contributed by atoms with van der Waals surface area (Å²) in [7, 11) is 0. The Kier molecular flexibility index (Phi) is 7.72. The molecule has 0 aliphatic carbocycles. The molecule has 35 heavy (non-hydrogen) atoms. The highest BCUT2D eigenvalue weighted by Gasteiger charge is 2.36. The Morgan fingerprint density at radius 1 is 1.09 bits per heavy atom. The van der Waals surface area contributed by atoms with Gasteiger partial charge in [0.1, 0.15) is 15.8 Å². The smallest absolute Gasteiger partial charge is 0.267 e. The van der Waals surface area contributed by atoms with Crippen LogP contribution in [-0.2, 0) is 4.79 Å². The predicted molar refractivity (Wildman–Crippen MR) is 149 cm³/mol. The monoisotopic (exact) mass is 506 g/mol. The fourth-order valence-corrected chi connectivity index (χ4v) is 5.76. The minimum atomic E-state index is -0.204. The molecule has 8 heteroatoms. The summed E-state index contributed by atoms with van der Waals surface area (Å²) in [6.45, 7) is 9.68. The van der Waals surface area contributed by atoms with Crippen LogP contribution in [0.4, 0.5) is 5.82 Å². The number of thiocarbonyl (C=S) groups is 1. The molecule has 182 valence electrons. The summed E-state index contributed by atoms with van der Waals surface area (Å²) in [6, 6.07) is 13.4. The van der Waals surface area contributed by atoms with E-state index in [2.05, 4.69) is 18.7 Å². The fourth-order valence-electron chi connectivity index (χ4n) is 4.36. The van der Waals surface area contributed by atoms with Crippen LogP contribution in [0.15, 0.2) is 58.4 Å². The molecule has 0 spiro atoms. The van der Waals surface area contributed by atoms with Gasteiger partial charge in [-0.25, -0.2) is 4.98 Å². The molecule has 1 aliphatic rings. The van der Waals surface area contributed by atoms with Gasteiger partial charge < -0.3 is 4.90 Å². The third kappa shape index (κ3) is 4.90. The highest BCUT2D eigenvalue weighted by Crippen LogP contribution is 2.38. The number of amides is 1. The van der Waals surface area contributed by atoms with Gasteiger partial charge in [0.15, 0.2) is 0 Å². The summed E-state index contributed by atoms with van der Waals surface area (Å²) in [5, 5.41) is 0. The van der Waals surface area contributed by atoms with Crippen molar-refractivity contribution in [3.05, 3.63) is 80.6 Å². The van der Waals surface area contributed by atoms with Gasteiger partial charge in [0.05, 0.1) is 16.5 Å². The van der Waals surface area contributed by atoms with E-state index in [1.165, 1.54) is 11.8 Å². The molecule has 3 heterocycles. The van der Waals surface area contributed by atoms with E-state index < -0.39 is 0 Å². The van der Waals surface area contributed by atoms with Crippen LogP contribution in [-0.4, -0.2) is 37.6 Å². The second-order valence-electron chi connectivity index (χ2n) is 8.66.